The van der Waals surface area contributed by atoms with Gasteiger partial charge in [0.05, 0.1) is 7.11 Å². The summed E-state index contributed by atoms with van der Waals surface area (Å²) < 4.78 is 5.36. The smallest absolute Gasteiger partial charge is 0.119 e. The Morgan fingerprint density at radius 1 is 1.26 bits per heavy atom. The van der Waals surface area contributed by atoms with E-state index in [-0.39, 0.29) is 0 Å². The van der Waals surface area contributed by atoms with E-state index in [1.54, 1.807) is 7.11 Å². The lowest BCUT2D eigenvalue weighted by molar-refractivity contribution is 0.415. The highest BCUT2D eigenvalue weighted by atomic mass is 16.5. The molecule has 1 atom stereocenters. The first-order chi connectivity index (χ1) is 9.24. The van der Waals surface area contributed by atoms with Crippen molar-refractivity contribution in [3.05, 3.63) is 29.5 Å². The van der Waals surface area contributed by atoms with Crippen LogP contribution in [-0.4, -0.2) is 18.6 Å². The molecule has 3 heteroatoms. The molecular formula is C16H24N2O. The number of H-pyrrole nitrogens is 1. The van der Waals surface area contributed by atoms with Crippen LogP contribution in [-0.2, 0) is 6.42 Å². The van der Waals surface area contributed by atoms with Gasteiger partial charge in [-0.2, -0.15) is 0 Å². The number of benzene rings is 1. The number of aromatic nitrogens is 1. The van der Waals surface area contributed by atoms with E-state index in [0.29, 0.717) is 6.04 Å². The number of aromatic amines is 1. The average molecular weight is 260 g/mol. The molecule has 104 valence electrons. The molecule has 0 aliphatic carbocycles. The Morgan fingerprint density at radius 2 is 2.05 bits per heavy atom. The molecule has 1 aromatic carbocycles. The topological polar surface area (TPSA) is 37.0 Å². The Hall–Kier alpha value is -1.48. The van der Waals surface area contributed by atoms with Crippen LogP contribution in [0.1, 0.15) is 44.5 Å². The van der Waals surface area contributed by atoms with Crippen molar-refractivity contribution in [2.75, 3.05) is 13.7 Å². The predicted octanol–water partition coefficient (Wildman–Crippen LogP) is 3.80. The molecule has 0 fully saturated rings. The van der Waals surface area contributed by atoms with E-state index in [9.17, 15) is 0 Å². The molecule has 2 rings (SSSR count). The molecule has 0 amide bonds. The minimum atomic E-state index is 0.404. The van der Waals surface area contributed by atoms with E-state index in [2.05, 4.69) is 43.2 Å². The third kappa shape index (κ3) is 2.61. The molecule has 1 heterocycles. The lowest BCUT2D eigenvalue weighted by atomic mass is 9.99. The van der Waals surface area contributed by atoms with Crippen LogP contribution in [0.4, 0.5) is 0 Å². The summed E-state index contributed by atoms with van der Waals surface area (Å²) in [6, 6.07) is 6.66. The predicted molar refractivity (Wildman–Crippen MR) is 80.9 cm³/mol. The monoisotopic (exact) mass is 260 g/mol. The summed E-state index contributed by atoms with van der Waals surface area (Å²) in [6.45, 7) is 7.57. The van der Waals surface area contributed by atoms with E-state index in [1.807, 2.05) is 6.07 Å². The van der Waals surface area contributed by atoms with Crippen molar-refractivity contribution in [2.45, 2.75) is 39.7 Å². The Kier molecular flexibility index (Phi) is 4.48. The summed E-state index contributed by atoms with van der Waals surface area (Å²) >= 11 is 0. The van der Waals surface area contributed by atoms with Gasteiger partial charge in [-0.3, -0.25) is 0 Å². The van der Waals surface area contributed by atoms with Crippen LogP contribution < -0.4 is 10.1 Å². The SMILES string of the molecule is CCNC(CC)c1c(CC)[nH]c2ccc(OC)cc12. The molecule has 2 aromatic rings. The zero-order valence-corrected chi connectivity index (χ0v) is 12.3. The zero-order valence-electron chi connectivity index (χ0n) is 12.3. The molecule has 19 heavy (non-hydrogen) atoms. The van der Waals surface area contributed by atoms with Crippen molar-refractivity contribution in [1.82, 2.24) is 10.3 Å². The van der Waals surface area contributed by atoms with Gasteiger partial charge in [0.15, 0.2) is 0 Å². The summed E-state index contributed by atoms with van der Waals surface area (Å²) in [5.41, 5.74) is 3.93. The first-order valence-electron chi connectivity index (χ1n) is 7.16. The van der Waals surface area contributed by atoms with Gasteiger partial charge in [0, 0.05) is 22.6 Å². The van der Waals surface area contributed by atoms with Gasteiger partial charge in [0.1, 0.15) is 5.75 Å². The van der Waals surface area contributed by atoms with Crippen LogP contribution in [0.15, 0.2) is 18.2 Å². The lowest BCUT2D eigenvalue weighted by Gasteiger charge is -2.17. The number of ether oxygens (including phenoxy) is 1. The van der Waals surface area contributed by atoms with Gasteiger partial charge in [-0.05, 0) is 43.1 Å². The quantitative estimate of drug-likeness (QED) is 0.829. The molecule has 0 saturated carbocycles. The molecule has 1 aromatic heterocycles. The first-order valence-corrected chi connectivity index (χ1v) is 7.16. The number of nitrogens with one attached hydrogen (secondary N) is 2. The van der Waals surface area contributed by atoms with E-state index in [4.69, 9.17) is 4.74 Å². The standard InChI is InChI=1S/C16H24N2O/c1-5-13(17-7-3)16-12-10-11(19-4)8-9-15(12)18-14(16)6-2/h8-10,13,17-18H,5-7H2,1-4H3. The van der Waals surface area contributed by atoms with Crippen LogP contribution in [0.25, 0.3) is 10.9 Å². The fraction of sp³-hybridized carbons (Fsp3) is 0.500. The maximum Gasteiger partial charge on any atom is 0.119 e. The van der Waals surface area contributed by atoms with Crippen molar-refractivity contribution in [2.24, 2.45) is 0 Å². The van der Waals surface area contributed by atoms with E-state index >= 15 is 0 Å². The van der Waals surface area contributed by atoms with Crippen LogP contribution >= 0.6 is 0 Å². The average Bonchev–Trinajstić information content (AvgIpc) is 2.82. The zero-order chi connectivity index (χ0) is 13.8. The van der Waals surface area contributed by atoms with Gasteiger partial charge in [-0.15, -0.1) is 0 Å². The molecule has 0 bridgehead atoms. The summed E-state index contributed by atoms with van der Waals surface area (Å²) in [7, 11) is 1.72. The Bertz CT molecular complexity index is 545. The largest absolute Gasteiger partial charge is 0.497 e. The van der Waals surface area contributed by atoms with Crippen LogP contribution in [0, 0.1) is 0 Å². The molecule has 0 aliphatic rings. The number of fused-ring (bicyclic) bond motifs is 1. The normalized spacial score (nSPS) is 12.8. The summed E-state index contributed by atoms with van der Waals surface area (Å²) in [5, 5.41) is 4.86. The molecule has 2 N–H and O–H groups in total. The molecule has 0 radical (unpaired) electrons. The summed E-state index contributed by atoms with van der Waals surface area (Å²) in [6.07, 6.45) is 2.11. The Morgan fingerprint density at radius 3 is 2.63 bits per heavy atom. The lowest BCUT2D eigenvalue weighted by Crippen LogP contribution is -2.20. The van der Waals surface area contributed by atoms with Crippen molar-refractivity contribution >= 4 is 10.9 Å². The third-order valence-electron chi connectivity index (χ3n) is 3.69. The molecule has 1 unspecified atom stereocenters. The maximum atomic E-state index is 5.36. The highest BCUT2D eigenvalue weighted by Crippen LogP contribution is 2.32. The highest BCUT2D eigenvalue weighted by Gasteiger charge is 2.18. The van der Waals surface area contributed by atoms with Gasteiger partial charge >= 0.3 is 0 Å². The maximum absolute atomic E-state index is 5.36. The third-order valence-corrected chi connectivity index (χ3v) is 3.69. The fourth-order valence-electron chi connectivity index (χ4n) is 2.75. The molecule has 0 spiro atoms. The first kappa shape index (κ1) is 13.9. The van der Waals surface area contributed by atoms with E-state index in [0.717, 1.165) is 25.1 Å². The van der Waals surface area contributed by atoms with Crippen molar-refractivity contribution in [3.63, 3.8) is 0 Å². The van der Waals surface area contributed by atoms with Crippen LogP contribution in [0.5, 0.6) is 5.75 Å². The minimum absolute atomic E-state index is 0.404. The number of hydrogen-bond donors (Lipinski definition) is 2. The molecule has 0 aliphatic heterocycles. The van der Waals surface area contributed by atoms with Crippen LogP contribution in [0.2, 0.25) is 0 Å². The van der Waals surface area contributed by atoms with Crippen LogP contribution in [0.3, 0.4) is 0 Å². The number of hydrogen-bond acceptors (Lipinski definition) is 2. The van der Waals surface area contributed by atoms with Gasteiger partial charge in [0.25, 0.3) is 0 Å². The van der Waals surface area contributed by atoms with Gasteiger partial charge in [0.2, 0.25) is 0 Å². The van der Waals surface area contributed by atoms with Gasteiger partial charge in [-0.25, -0.2) is 0 Å². The van der Waals surface area contributed by atoms with Crippen molar-refractivity contribution < 1.29 is 4.74 Å². The minimum Gasteiger partial charge on any atom is -0.497 e. The molecular weight excluding hydrogens is 236 g/mol. The molecule has 3 nitrogen and oxygen atoms in total. The van der Waals surface area contributed by atoms with Crippen molar-refractivity contribution in [3.8, 4) is 5.75 Å². The van der Waals surface area contributed by atoms with Gasteiger partial charge < -0.3 is 15.0 Å². The summed E-state index contributed by atoms with van der Waals surface area (Å²) in [4.78, 5) is 3.54. The summed E-state index contributed by atoms with van der Waals surface area (Å²) in [5.74, 6) is 0.918. The van der Waals surface area contributed by atoms with Crippen molar-refractivity contribution in [1.29, 1.82) is 0 Å². The Balaban J connectivity index is 2.59. The molecule has 0 saturated heterocycles. The fourth-order valence-corrected chi connectivity index (χ4v) is 2.75. The number of aryl methyl sites for hydroxylation is 1. The second-order valence-corrected chi connectivity index (χ2v) is 4.80. The number of methoxy groups -OCH3 is 1. The highest BCUT2D eigenvalue weighted by molar-refractivity contribution is 5.86. The number of rotatable bonds is 6. The Labute approximate surface area is 115 Å². The second-order valence-electron chi connectivity index (χ2n) is 4.80. The van der Waals surface area contributed by atoms with Gasteiger partial charge in [-0.1, -0.05) is 20.8 Å². The van der Waals surface area contributed by atoms with E-state index < -0.39 is 0 Å². The van der Waals surface area contributed by atoms with E-state index in [1.165, 1.54) is 22.2 Å². The second kappa shape index (κ2) is 6.11.